The van der Waals surface area contributed by atoms with Gasteiger partial charge < -0.3 is 14.8 Å². The first kappa shape index (κ1) is 16.1. The Balaban J connectivity index is 1.97. The number of rotatable bonds is 5. The Kier molecular flexibility index (Phi) is 5.63. The van der Waals surface area contributed by atoms with Crippen LogP contribution in [0.25, 0.3) is 0 Å². The number of ether oxygens (including phenoxy) is 2. The van der Waals surface area contributed by atoms with Gasteiger partial charge in [0, 0.05) is 5.56 Å². The molecule has 1 aromatic carbocycles. The number of amides is 1. The van der Waals surface area contributed by atoms with E-state index in [0.717, 1.165) is 17.7 Å². The molecule has 6 nitrogen and oxygen atoms in total. The van der Waals surface area contributed by atoms with Gasteiger partial charge in [-0.2, -0.15) is 0 Å². The Hall–Kier alpha value is -2.24. The van der Waals surface area contributed by atoms with Crippen molar-refractivity contribution in [2.24, 2.45) is 10.9 Å². The third-order valence-electron chi connectivity index (χ3n) is 3.40. The molecule has 0 aliphatic carbocycles. The summed E-state index contributed by atoms with van der Waals surface area (Å²) in [6.45, 7) is 5.58. The normalized spacial score (nSPS) is 16.9. The quantitative estimate of drug-likeness (QED) is 0.876. The van der Waals surface area contributed by atoms with E-state index in [1.807, 2.05) is 24.3 Å². The second-order valence-electron chi connectivity index (χ2n) is 5.57. The summed E-state index contributed by atoms with van der Waals surface area (Å²) in [5, 5.41) is 5.71. The summed E-state index contributed by atoms with van der Waals surface area (Å²) >= 11 is 0. The van der Waals surface area contributed by atoms with Crippen molar-refractivity contribution >= 4 is 12.1 Å². The van der Waals surface area contributed by atoms with Crippen molar-refractivity contribution in [1.29, 1.82) is 0 Å². The van der Waals surface area contributed by atoms with Gasteiger partial charge in [0.1, 0.15) is 5.75 Å². The summed E-state index contributed by atoms with van der Waals surface area (Å²) < 4.78 is 10.5. The summed E-state index contributed by atoms with van der Waals surface area (Å²) in [7, 11) is 1.32. The van der Waals surface area contributed by atoms with Crippen LogP contribution in [0.1, 0.15) is 31.9 Å². The van der Waals surface area contributed by atoms with Gasteiger partial charge in [-0.25, -0.2) is 4.79 Å². The second kappa shape index (κ2) is 7.68. The highest BCUT2D eigenvalue weighted by atomic mass is 16.5. The largest absolute Gasteiger partial charge is 0.493 e. The van der Waals surface area contributed by atoms with E-state index < -0.39 is 6.09 Å². The van der Waals surface area contributed by atoms with Gasteiger partial charge in [-0.05, 0) is 18.4 Å². The van der Waals surface area contributed by atoms with Crippen molar-refractivity contribution < 1.29 is 14.3 Å². The van der Waals surface area contributed by atoms with E-state index in [9.17, 15) is 4.79 Å². The van der Waals surface area contributed by atoms with E-state index in [1.54, 1.807) is 0 Å². The molecule has 120 valence electrons. The molecular formula is C16H23N3O3. The molecule has 1 amide bonds. The smallest absolute Gasteiger partial charge is 0.413 e. The molecule has 6 heteroatoms. The number of para-hydroxylation sites is 1. The minimum atomic E-state index is -0.534. The van der Waals surface area contributed by atoms with Crippen LogP contribution in [0.3, 0.4) is 0 Å². The molecule has 0 aromatic heterocycles. The van der Waals surface area contributed by atoms with E-state index in [0.29, 0.717) is 25.0 Å². The molecule has 1 unspecified atom stereocenters. The maximum Gasteiger partial charge on any atom is 0.413 e. The van der Waals surface area contributed by atoms with Gasteiger partial charge in [0.25, 0.3) is 0 Å². The highest BCUT2D eigenvalue weighted by molar-refractivity contribution is 5.95. The number of alkyl carbamates (subject to hydrolysis) is 1. The van der Waals surface area contributed by atoms with Gasteiger partial charge in [-0.3, -0.25) is 10.3 Å². The number of hydrogen-bond acceptors (Lipinski definition) is 5. The van der Waals surface area contributed by atoms with Crippen LogP contribution in [0, 0.1) is 5.92 Å². The Bertz CT molecular complexity index is 543. The summed E-state index contributed by atoms with van der Waals surface area (Å²) in [6.07, 6.45) is 0.478. The highest BCUT2D eigenvalue weighted by Crippen LogP contribution is 2.27. The molecule has 0 fully saturated rings. The Morgan fingerprint density at radius 2 is 2.23 bits per heavy atom. The van der Waals surface area contributed by atoms with Crippen LogP contribution in [-0.2, 0) is 4.74 Å². The molecule has 0 saturated carbocycles. The van der Waals surface area contributed by atoms with Crippen LogP contribution in [0.5, 0.6) is 5.75 Å². The molecule has 1 aromatic rings. The minimum Gasteiger partial charge on any atom is -0.493 e. The molecule has 22 heavy (non-hydrogen) atoms. The summed E-state index contributed by atoms with van der Waals surface area (Å²) in [4.78, 5) is 15.5. The van der Waals surface area contributed by atoms with Crippen molar-refractivity contribution in [3.63, 3.8) is 0 Å². The number of benzene rings is 1. The Labute approximate surface area is 130 Å². The first-order valence-corrected chi connectivity index (χ1v) is 7.48. The van der Waals surface area contributed by atoms with Crippen LogP contribution in [0.15, 0.2) is 29.3 Å². The predicted octanol–water partition coefficient (Wildman–Crippen LogP) is 2.47. The molecule has 1 atom stereocenters. The third kappa shape index (κ3) is 4.38. The maximum atomic E-state index is 11.2. The number of aliphatic imine (C=N–C) groups is 1. The molecule has 1 aliphatic rings. The standard InChI is InChI=1S/C16H23N3O3/c1-11(2)8-9-22-14-7-5-4-6-12(14)13-10-17-15(18-13)19-16(20)21-3/h4-7,11,13H,8-10H2,1-3H3,(H2,17,18,19,20). The molecule has 0 bridgehead atoms. The average molecular weight is 305 g/mol. The summed E-state index contributed by atoms with van der Waals surface area (Å²) in [5.41, 5.74) is 1.04. The molecule has 2 N–H and O–H groups in total. The molecule has 2 rings (SSSR count). The maximum absolute atomic E-state index is 11.2. The van der Waals surface area contributed by atoms with Gasteiger partial charge in [0.05, 0.1) is 26.3 Å². The number of carbonyl (C=O) groups excluding carboxylic acids is 1. The van der Waals surface area contributed by atoms with Gasteiger partial charge in [-0.15, -0.1) is 0 Å². The first-order valence-electron chi connectivity index (χ1n) is 7.48. The van der Waals surface area contributed by atoms with Crippen LogP contribution >= 0.6 is 0 Å². The zero-order valence-corrected chi connectivity index (χ0v) is 13.3. The molecular weight excluding hydrogens is 282 g/mol. The average Bonchev–Trinajstić information content (AvgIpc) is 2.95. The lowest BCUT2D eigenvalue weighted by Crippen LogP contribution is -2.39. The Morgan fingerprint density at radius 3 is 2.95 bits per heavy atom. The lowest BCUT2D eigenvalue weighted by Gasteiger charge is -2.17. The van der Waals surface area contributed by atoms with Crippen molar-refractivity contribution in [2.75, 3.05) is 20.3 Å². The Morgan fingerprint density at radius 1 is 1.45 bits per heavy atom. The fourth-order valence-electron chi connectivity index (χ4n) is 2.14. The van der Waals surface area contributed by atoms with Gasteiger partial charge in [0.2, 0.25) is 5.96 Å². The van der Waals surface area contributed by atoms with E-state index in [1.165, 1.54) is 7.11 Å². The second-order valence-corrected chi connectivity index (χ2v) is 5.57. The van der Waals surface area contributed by atoms with Crippen LogP contribution in [0.4, 0.5) is 4.79 Å². The van der Waals surface area contributed by atoms with Crippen molar-refractivity contribution in [1.82, 2.24) is 10.6 Å². The van der Waals surface area contributed by atoms with Crippen LogP contribution in [-0.4, -0.2) is 32.3 Å². The van der Waals surface area contributed by atoms with Crippen LogP contribution in [0.2, 0.25) is 0 Å². The molecule has 1 aliphatic heterocycles. The SMILES string of the molecule is COC(=O)NC1=NCC(c2ccccc2OCCC(C)C)N1. The topological polar surface area (TPSA) is 72.0 Å². The summed E-state index contributed by atoms with van der Waals surface area (Å²) in [6, 6.07) is 7.89. The van der Waals surface area contributed by atoms with E-state index in [-0.39, 0.29) is 6.04 Å². The number of carbonyl (C=O) groups is 1. The van der Waals surface area contributed by atoms with Gasteiger partial charge in [-0.1, -0.05) is 32.0 Å². The fourth-order valence-corrected chi connectivity index (χ4v) is 2.14. The number of nitrogens with one attached hydrogen (secondary N) is 2. The summed E-state index contributed by atoms with van der Waals surface area (Å²) in [5.74, 6) is 1.89. The van der Waals surface area contributed by atoms with Crippen molar-refractivity contribution in [3.05, 3.63) is 29.8 Å². The highest BCUT2D eigenvalue weighted by Gasteiger charge is 2.23. The monoisotopic (exact) mass is 305 g/mol. The van der Waals surface area contributed by atoms with Crippen molar-refractivity contribution in [2.45, 2.75) is 26.3 Å². The van der Waals surface area contributed by atoms with E-state index >= 15 is 0 Å². The third-order valence-corrected chi connectivity index (χ3v) is 3.40. The lowest BCUT2D eigenvalue weighted by molar-refractivity contribution is 0.176. The van der Waals surface area contributed by atoms with Crippen molar-refractivity contribution in [3.8, 4) is 5.75 Å². The fraction of sp³-hybridized carbons (Fsp3) is 0.500. The minimum absolute atomic E-state index is 0.0117. The molecule has 1 heterocycles. The lowest BCUT2D eigenvalue weighted by atomic mass is 10.1. The van der Waals surface area contributed by atoms with E-state index in [2.05, 4.69) is 34.2 Å². The van der Waals surface area contributed by atoms with Gasteiger partial charge >= 0.3 is 6.09 Å². The number of hydrogen-bond donors (Lipinski definition) is 2. The number of methoxy groups -OCH3 is 1. The molecule has 0 radical (unpaired) electrons. The predicted molar refractivity (Wildman–Crippen MR) is 85.1 cm³/mol. The van der Waals surface area contributed by atoms with E-state index in [4.69, 9.17) is 4.74 Å². The van der Waals surface area contributed by atoms with Crippen LogP contribution < -0.4 is 15.4 Å². The zero-order chi connectivity index (χ0) is 15.9. The van der Waals surface area contributed by atoms with Gasteiger partial charge in [0.15, 0.2) is 0 Å². The number of guanidine groups is 1. The first-order chi connectivity index (χ1) is 10.6. The number of nitrogens with zero attached hydrogens (tertiary/aromatic N) is 1. The molecule has 0 saturated heterocycles. The molecule has 0 spiro atoms. The zero-order valence-electron chi connectivity index (χ0n) is 13.3.